The van der Waals surface area contributed by atoms with Crippen molar-refractivity contribution in [1.82, 2.24) is 30.6 Å². The van der Waals surface area contributed by atoms with Crippen LogP contribution in [0.25, 0.3) is 11.6 Å². The third kappa shape index (κ3) is 3.62. The lowest BCUT2D eigenvalue weighted by Gasteiger charge is -2.20. The van der Waals surface area contributed by atoms with Gasteiger partial charge in [0.15, 0.2) is 5.82 Å². The Hall–Kier alpha value is -1.41. The van der Waals surface area contributed by atoms with Crippen LogP contribution in [0.4, 0.5) is 0 Å². The summed E-state index contributed by atoms with van der Waals surface area (Å²) < 4.78 is 5.44. The van der Waals surface area contributed by atoms with Crippen LogP contribution in [0.3, 0.4) is 0 Å². The monoisotopic (exact) mass is 308 g/mol. The molecule has 2 N–H and O–H groups in total. The lowest BCUT2D eigenvalue weighted by atomic mass is 10.0. The van der Waals surface area contributed by atoms with Crippen molar-refractivity contribution in [1.29, 1.82) is 0 Å². The zero-order chi connectivity index (χ0) is 14.7. The van der Waals surface area contributed by atoms with Crippen LogP contribution in [0.1, 0.15) is 38.6 Å². The fourth-order valence-electron chi connectivity index (χ4n) is 2.45. The molecule has 21 heavy (non-hydrogen) atoms. The molecule has 0 spiro atoms. The van der Waals surface area contributed by atoms with Crippen LogP contribution in [0, 0.1) is 5.92 Å². The second-order valence-electron chi connectivity index (χ2n) is 5.70. The van der Waals surface area contributed by atoms with E-state index in [1.54, 1.807) is 0 Å². The molecule has 2 atom stereocenters. The Balaban J connectivity index is 1.75. The Kier molecular flexibility index (Phi) is 4.54. The zero-order valence-electron chi connectivity index (χ0n) is 12.2. The first-order valence-corrected chi connectivity index (χ1v) is 8.41. The number of aromatic nitrogens is 5. The highest BCUT2D eigenvalue weighted by Gasteiger charge is 2.26. The summed E-state index contributed by atoms with van der Waals surface area (Å²) in [7, 11) is 0. The van der Waals surface area contributed by atoms with Gasteiger partial charge in [0.05, 0.1) is 6.04 Å². The normalized spacial score (nSPS) is 20.2. The first-order chi connectivity index (χ1) is 10.2. The number of nitrogens with one attached hydrogen (secondary N) is 2. The van der Waals surface area contributed by atoms with Crippen molar-refractivity contribution in [2.24, 2.45) is 5.92 Å². The maximum atomic E-state index is 5.44. The van der Waals surface area contributed by atoms with Gasteiger partial charge < -0.3 is 9.84 Å². The number of hydrogen-bond donors (Lipinski definition) is 2. The molecule has 0 bridgehead atoms. The number of aromatic amines is 1. The van der Waals surface area contributed by atoms with E-state index in [0.29, 0.717) is 29.5 Å². The zero-order valence-corrected chi connectivity index (χ0v) is 13.1. The largest absolute Gasteiger partial charge is 0.337 e. The maximum absolute atomic E-state index is 5.44. The Morgan fingerprint density at radius 3 is 3.10 bits per heavy atom. The van der Waals surface area contributed by atoms with Crippen molar-refractivity contribution < 1.29 is 4.52 Å². The average molecular weight is 308 g/mol. The molecule has 3 rings (SSSR count). The summed E-state index contributed by atoms with van der Waals surface area (Å²) in [6.45, 7) is 4.40. The predicted molar refractivity (Wildman–Crippen MR) is 80.7 cm³/mol. The van der Waals surface area contributed by atoms with Crippen molar-refractivity contribution in [2.75, 3.05) is 11.5 Å². The second kappa shape index (κ2) is 6.57. The van der Waals surface area contributed by atoms with Gasteiger partial charge >= 0.3 is 0 Å². The van der Waals surface area contributed by atoms with Crippen LogP contribution in [-0.2, 0) is 0 Å². The van der Waals surface area contributed by atoms with E-state index in [1.165, 1.54) is 18.5 Å². The summed E-state index contributed by atoms with van der Waals surface area (Å²) in [6.07, 6.45) is 3.60. The molecule has 0 saturated carbocycles. The Bertz CT molecular complexity index is 549. The van der Waals surface area contributed by atoms with Gasteiger partial charge in [-0.2, -0.15) is 21.8 Å². The highest BCUT2D eigenvalue weighted by Crippen LogP contribution is 2.25. The van der Waals surface area contributed by atoms with E-state index >= 15 is 0 Å². The number of hydrogen-bond acceptors (Lipinski definition) is 7. The van der Waals surface area contributed by atoms with Gasteiger partial charge in [-0.25, -0.2) is 4.98 Å². The van der Waals surface area contributed by atoms with Gasteiger partial charge in [-0.05, 0) is 24.5 Å². The van der Waals surface area contributed by atoms with Gasteiger partial charge in [0, 0.05) is 11.8 Å². The molecule has 0 radical (unpaired) electrons. The van der Waals surface area contributed by atoms with Crippen LogP contribution in [-0.4, -0.2) is 42.9 Å². The van der Waals surface area contributed by atoms with Crippen molar-refractivity contribution in [2.45, 2.75) is 38.8 Å². The third-order valence-corrected chi connectivity index (χ3v) is 4.60. The van der Waals surface area contributed by atoms with E-state index in [-0.39, 0.29) is 6.04 Å². The second-order valence-corrected chi connectivity index (χ2v) is 6.85. The summed E-state index contributed by atoms with van der Waals surface area (Å²) in [5.41, 5.74) is 0. The summed E-state index contributed by atoms with van der Waals surface area (Å²) in [5.74, 6) is 4.55. The smallest absolute Gasteiger partial charge is 0.244 e. The van der Waals surface area contributed by atoms with E-state index in [0.717, 1.165) is 12.2 Å². The summed E-state index contributed by atoms with van der Waals surface area (Å²) >= 11 is 1.99. The molecule has 1 fully saturated rings. The minimum atomic E-state index is 0.0953. The van der Waals surface area contributed by atoms with Crippen LogP contribution in [0.2, 0.25) is 0 Å². The van der Waals surface area contributed by atoms with Crippen molar-refractivity contribution >= 4 is 11.8 Å². The van der Waals surface area contributed by atoms with E-state index < -0.39 is 0 Å². The van der Waals surface area contributed by atoms with Crippen molar-refractivity contribution in [3.8, 4) is 11.6 Å². The molecule has 7 nitrogen and oxygen atoms in total. The van der Waals surface area contributed by atoms with E-state index in [1.807, 2.05) is 11.8 Å². The molecule has 8 heteroatoms. The van der Waals surface area contributed by atoms with Crippen molar-refractivity contribution in [3.63, 3.8) is 0 Å². The van der Waals surface area contributed by atoms with E-state index in [9.17, 15) is 0 Å². The summed E-state index contributed by atoms with van der Waals surface area (Å²) in [5, 5.41) is 14.2. The van der Waals surface area contributed by atoms with Gasteiger partial charge in [-0.1, -0.05) is 19.0 Å². The molecule has 0 amide bonds. The Labute approximate surface area is 127 Å². The lowest BCUT2D eigenvalue weighted by molar-refractivity contribution is 0.290. The molecule has 0 aliphatic carbocycles. The fourth-order valence-corrected chi connectivity index (χ4v) is 3.61. The molecule has 1 saturated heterocycles. The highest BCUT2D eigenvalue weighted by atomic mass is 32.2. The first kappa shape index (κ1) is 14.5. The Morgan fingerprint density at radius 1 is 1.52 bits per heavy atom. The quantitative estimate of drug-likeness (QED) is 0.843. The maximum Gasteiger partial charge on any atom is 0.244 e. The Morgan fingerprint density at radius 2 is 2.43 bits per heavy atom. The van der Waals surface area contributed by atoms with E-state index in [4.69, 9.17) is 4.52 Å². The van der Waals surface area contributed by atoms with Gasteiger partial charge in [-0.15, -0.1) is 0 Å². The number of H-pyrrole nitrogens is 1. The summed E-state index contributed by atoms with van der Waals surface area (Å²) in [6, 6.07) is 0.622. The van der Waals surface area contributed by atoms with Crippen LogP contribution in [0.5, 0.6) is 0 Å². The molecule has 2 aromatic heterocycles. The SMILES string of the molecule is CC(C)C[C@@H](N[C@H]1CCSC1)c1nc(-c2ncn[nH]2)no1. The number of thioether (sulfide) groups is 1. The molecule has 1 aliphatic rings. The topological polar surface area (TPSA) is 92.5 Å². The van der Waals surface area contributed by atoms with Gasteiger partial charge in [0.25, 0.3) is 0 Å². The van der Waals surface area contributed by atoms with Gasteiger partial charge in [-0.3, -0.25) is 5.10 Å². The standard InChI is InChI=1S/C13H20N6OS/c1-8(2)5-10(16-9-3-4-21-6-9)13-17-12(19-20-13)11-14-7-15-18-11/h7-10,16H,3-6H2,1-2H3,(H,14,15,18)/t9-,10+/m0/s1. The minimum Gasteiger partial charge on any atom is -0.337 e. The lowest BCUT2D eigenvalue weighted by Crippen LogP contribution is -2.33. The van der Waals surface area contributed by atoms with Crippen LogP contribution < -0.4 is 5.32 Å². The van der Waals surface area contributed by atoms with Crippen molar-refractivity contribution in [3.05, 3.63) is 12.2 Å². The molecular weight excluding hydrogens is 288 g/mol. The minimum absolute atomic E-state index is 0.0953. The molecule has 1 aliphatic heterocycles. The van der Waals surface area contributed by atoms with E-state index in [2.05, 4.69) is 44.5 Å². The molecule has 2 aromatic rings. The predicted octanol–water partition coefficient (Wildman–Crippen LogP) is 2.04. The molecule has 0 aromatic carbocycles. The molecule has 3 heterocycles. The molecule has 0 unspecified atom stereocenters. The van der Waals surface area contributed by atoms with Crippen LogP contribution in [0.15, 0.2) is 10.9 Å². The first-order valence-electron chi connectivity index (χ1n) is 7.25. The average Bonchev–Trinajstić information content (AvgIpc) is 3.19. The van der Waals surface area contributed by atoms with Crippen LogP contribution >= 0.6 is 11.8 Å². The highest BCUT2D eigenvalue weighted by molar-refractivity contribution is 7.99. The number of nitrogens with zero attached hydrogens (tertiary/aromatic N) is 4. The van der Waals surface area contributed by atoms with Gasteiger partial charge in [0.2, 0.25) is 11.7 Å². The van der Waals surface area contributed by atoms with Gasteiger partial charge in [0.1, 0.15) is 6.33 Å². The fraction of sp³-hybridized carbons (Fsp3) is 0.692. The number of rotatable bonds is 6. The summed E-state index contributed by atoms with van der Waals surface area (Å²) in [4.78, 5) is 8.52. The third-order valence-electron chi connectivity index (χ3n) is 3.44. The molecular formula is C13H20N6OS. The molecule has 114 valence electrons.